The first-order chi connectivity index (χ1) is 5.25. The van der Waals surface area contributed by atoms with Crippen LogP contribution in [0.2, 0.25) is 0 Å². The number of rotatable bonds is 0. The molecule has 11 heavy (non-hydrogen) atoms. The Kier molecular flexibility index (Phi) is 2.46. The Balaban J connectivity index is 2.54. The number of hydrogen-bond donors (Lipinski definition) is 0. The summed E-state index contributed by atoms with van der Waals surface area (Å²) in [6.07, 6.45) is 1.71. The van der Waals surface area contributed by atoms with E-state index in [1.165, 1.54) is 7.11 Å². The van der Waals surface area contributed by atoms with E-state index in [0.29, 0.717) is 13.0 Å². The van der Waals surface area contributed by atoms with E-state index in [2.05, 4.69) is 4.74 Å². The average Bonchev–Trinajstić information content (AvgIpc) is 2.04. The third kappa shape index (κ3) is 1.69. The van der Waals surface area contributed by atoms with Crippen molar-refractivity contribution in [2.45, 2.75) is 19.3 Å². The molecule has 0 saturated carbocycles. The second kappa shape index (κ2) is 3.37. The smallest absolute Gasteiger partial charge is 0.416 e. The Hall–Kier alpha value is -1.06. The monoisotopic (exact) mass is 157 g/mol. The maximum atomic E-state index is 11.0. The molecule has 2 amide bonds. The number of ether oxygens (including phenoxy) is 1. The quantitative estimate of drug-likeness (QED) is 0.521. The van der Waals surface area contributed by atoms with Crippen LogP contribution in [-0.4, -0.2) is 30.6 Å². The maximum Gasteiger partial charge on any atom is 0.416 e. The largest absolute Gasteiger partial charge is 0.452 e. The van der Waals surface area contributed by atoms with Crippen molar-refractivity contribution in [2.24, 2.45) is 0 Å². The minimum atomic E-state index is -0.533. The fourth-order valence-corrected chi connectivity index (χ4v) is 1.11. The zero-order chi connectivity index (χ0) is 8.27. The standard InChI is InChI=1S/C7H11NO3/c1-11-7(10)8-5-3-2-4-6(8)9/h2-5H2,1H3. The molecule has 0 aromatic rings. The van der Waals surface area contributed by atoms with Gasteiger partial charge >= 0.3 is 6.09 Å². The molecule has 0 bridgehead atoms. The lowest BCUT2D eigenvalue weighted by atomic mass is 10.1. The lowest BCUT2D eigenvalue weighted by Crippen LogP contribution is -2.40. The molecule has 4 heteroatoms. The van der Waals surface area contributed by atoms with Gasteiger partial charge in [0.2, 0.25) is 5.91 Å². The van der Waals surface area contributed by atoms with Gasteiger partial charge in [0.25, 0.3) is 0 Å². The van der Waals surface area contributed by atoms with Gasteiger partial charge in [0.1, 0.15) is 0 Å². The average molecular weight is 157 g/mol. The van der Waals surface area contributed by atoms with Gasteiger partial charge in [0.15, 0.2) is 0 Å². The first-order valence-electron chi connectivity index (χ1n) is 3.64. The molecule has 1 fully saturated rings. The molecule has 1 rings (SSSR count). The van der Waals surface area contributed by atoms with Gasteiger partial charge in [0, 0.05) is 13.0 Å². The number of methoxy groups -OCH3 is 1. The second-order valence-electron chi connectivity index (χ2n) is 2.47. The summed E-state index contributed by atoms with van der Waals surface area (Å²) < 4.78 is 4.43. The Morgan fingerprint density at radius 1 is 1.55 bits per heavy atom. The minimum Gasteiger partial charge on any atom is -0.452 e. The summed E-state index contributed by atoms with van der Waals surface area (Å²) in [5.74, 6) is -0.122. The van der Waals surface area contributed by atoms with Gasteiger partial charge in [-0.05, 0) is 12.8 Å². The van der Waals surface area contributed by atoms with Crippen LogP contribution in [0.15, 0.2) is 0 Å². The Bertz CT molecular complexity index is 171. The first-order valence-corrected chi connectivity index (χ1v) is 3.64. The minimum absolute atomic E-state index is 0.122. The predicted octanol–water partition coefficient (Wildman–Crippen LogP) is 0.765. The van der Waals surface area contributed by atoms with Crippen LogP contribution < -0.4 is 0 Å². The van der Waals surface area contributed by atoms with Gasteiger partial charge in [0.05, 0.1) is 7.11 Å². The molecule has 0 N–H and O–H groups in total. The van der Waals surface area contributed by atoms with Gasteiger partial charge in [-0.3, -0.25) is 4.79 Å². The molecular weight excluding hydrogens is 146 g/mol. The Morgan fingerprint density at radius 2 is 2.27 bits per heavy atom. The van der Waals surface area contributed by atoms with Crippen LogP contribution in [0.5, 0.6) is 0 Å². The third-order valence-corrected chi connectivity index (χ3v) is 1.72. The molecule has 0 unspecified atom stereocenters. The van der Waals surface area contributed by atoms with Crippen LogP contribution in [-0.2, 0) is 9.53 Å². The highest BCUT2D eigenvalue weighted by molar-refractivity contribution is 5.92. The summed E-state index contributed by atoms with van der Waals surface area (Å²) in [5.41, 5.74) is 0. The topological polar surface area (TPSA) is 46.6 Å². The summed E-state index contributed by atoms with van der Waals surface area (Å²) in [7, 11) is 1.28. The molecular formula is C7H11NO3. The van der Waals surface area contributed by atoms with E-state index >= 15 is 0 Å². The summed E-state index contributed by atoms with van der Waals surface area (Å²) in [6, 6.07) is 0. The van der Waals surface area contributed by atoms with Crippen molar-refractivity contribution in [1.29, 1.82) is 0 Å². The number of nitrogens with zero attached hydrogens (tertiary/aromatic N) is 1. The van der Waals surface area contributed by atoms with E-state index in [1.54, 1.807) is 0 Å². The number of piperidine rings is 1. The van der Waals surface area contributed by atoms with Crippen molar-refractivity contribution in [3.8, 4) is 0 Å². The molecule has 0 aromatic carbocycles. The molecule has 0 aromatic heterocycles. The Morgan fingerprint density at radius 3 is 2.82 bits per heavy atom. The first kappa shape index (κ1) is 8.04. The molecule has 1 heterocycles. The van der Waals surface area contributed by atoms with E-state index in [-0.39, 0.29) is 5.91 Å². The van der Waals surface area contributed by atoms with E-state index in [4.69, 9.17) is 0 Å². The summed E-state index contributed by atoms with van der Waals surface area (Å²) >= 11 is 0. The SMILES string of the molecule is COC(=O)N1CCCCC1=O. The summed E-state index contributed by atoms with van der Waals surface area (Å²) in [6.45, 7) is 0.505. The van der Waals surface area contributed by atoms with Gasteiger partial charge in [-0.1, -0.05) is 0 Å². The second-order valence-corrected chi connectivity index (χ2v) is 2.47. The van der Waals surface area contributed by atoms with E-state index in [9.17, 15) is 9.59 Å². The van der Waals surface area contributed by atoms with Crippen molar-refractivity contribution in [1.82, 2.24) is 4.90 Å². The van der Waals surface area contributed by atoms with E-state index < -0.39 is 6.09 Å². The van der Waals surface area contributed by atoms with Crippen LogP contribution in [0, 0.1) is 0 Å². The van der Waals surface area contributed by atoms with Crippen molar-refractivity contribution < 1.29 is 14.3 Å². The van der Waals surface area contributed by atoms with Crippen LogP contribution in [0.4, 0.5) is 4.79 Å². The molecule has 0 atom stereocenters. The molecule has 0 radical (unpaired) electrons. The van der Waals surface area contributed by atoms with Gasteiger partial charge in [-0.15, -0.1) is 0 Å². The highest BCUT2D eigenvalue weighted by Gasteiger charge is 2.24. The lowest BCUT2D eigenvalue weighted by Gasteiger charge is -2.22. The fraction of sp³-hybridized carbons (Fsp3) is 0.714. The molecule has 62 valence electrons. The van der Waals surface area contributed by atoms with Crippen LogP contribution >= 0.6 is 0 Å². The van der Waals surface area contributed by atoms with Crippen molar-refractivity contribution in [2.75, 3.05) is 13.7 Å². The van der Waals surface area contributed by atoms with Gasteiger partial charge < -0.3 is 4.74 Å². The lowest BCUT2D eigenvalue weighted by molar-refractivity contribution is -0.131. The van der Waals surface area contributed by atoms with Crippen molar-refractivity contribution in [3.63, 3.8) is 0 Å². The normalized spacial score (nSPS) is 18.3. The van der Waals surface area contributed by atoms with Crippen molar-refractivity contribution >= 4 is 12.0 Å². The third-order valence-electron chi connectivity index (χ3n) is 1.72. The molecule has 0 aliphatic carbocycles. The molecule has 1 saturated heterocycles. The molecule has 4 nitrogen and oxygen atoms in total. The fourth-order valence-electron chi connectivity index (χ4n) is 1.11. The molecule has 1 aliphatic heterocycles. The van der Waals surface area contributed by atoms with Crippen LogP contribution in [0.3, 0.4) is 0 Å². The van der Waals surface area contributed by atoms with Crippen LogP contribution in [0.25, 0.3) is 0 Å². The zero-order valence-electron chi connectivity index (χ0n) is 6.50. The van der Waals surface area contributed by atoms with Crippen molar-refractivity contribution in [3.05, 3.63) is 0 Å². The summed E-state index contributed by atoms with van der Waals surface area (Å²) in [5, 5.41) is 0. The maximum absolute atomic E-state index is 11.0. The summed E-state index contributed by atoms with van der Waals surface area (Å²) in [4.78, 5) is 23.0. The highest BCUT2D eigenvalue weighted by Crippen LogP contribution is 2.10. The zero-order valence-corrected chi connectivity index (χ0v) is 6.50. The number of carbonyl (C=O) groups excluding carboxylic acids is 2. The number of amides is 2. The van der Waals surface area contributed by atoms with Crippen LogP contribution in [0.1, 0.15) is 19.3 Å². The predicted molar refractivity (Wildman–Crippen MR) is 38.0 cm³/mol. The number of hydrogen-bond acceptors (Lipinski definition) is 3. The van der Waals surface area contributed by atoms with Gasteiger partial charge in [-0.2, -0.15) is 0 Å². The van der Waals surface area contributed by atoms with E-state index in [1.807, 2.05) is 0 Å². The Labute approximate surface area is 65.1 Å². The number of carbonyl (C=O) groups is 2. The molecule has 1 aliphatic rings. The van der Waals surface area contributed by atoms with Gasteiger partial charge in [-0.25, -0.2) is 9.69 Å². The van der Waals surface area contributed by atoms with E-state index in [0.717, 1.165) is 17.7 Å². The number of imide groups is 1. The highest BCUT2D eigenvalue weighted by atomic mass is 16.5. The molecule has 0 spiro atoms. The number of likely N-dealkylation sites (tertiary alicyclic amines) is 1.